The molecule has 2 N–H and O–H groups in total. The zero-order valence-corrected chi connectivity index (χ0v) is 9.73. The molecule has 0 radical (unpaired) electrons. The van der Waals surface area contributed by atoms with Crippen LogP contribution >= 0.6 is 0 Å². The van der Waals surface area contributed by atoms with Gasteiger partial charge in [-0.3, -0.25) is 0 Å². The van der Waals surface area contributed by atoms with Gasteiger partial charge in [-0.25, -0.2) is 4.98 Å². The summed E-state index contributed by atoms with van der Waals surface area (Å²) in [6.45, 7) is 0.407. The number of aromatic nitrogens is 1. The second kappa shape index (κ2) is 4.34. The van der Waals surface area contributed by atoms with Crippen molar-refractivity contribution in [2.75, 3.05) is 0 Å². The van der Waals surface area contributed by atoms with Gasteiger partial charge in [0.15, 0.2) is 5.89 Å². The summed E-state index contributed by atoms with van der Waals surface area (Å²) < 4.78 is 5.79. The van der Waals surface area contributed by atoms with E-state index < -0.39 is 0 Å². The van der Waals surface area contributed by atoms with E-state index in [0.29, 0.717) is 12.5 Å². The monoisotopic (exact) mass is 228 g/mol. The van der Waals surface area contributed by atoms with Crippen molar-refractivity contribution in [1.82, 2.24) is 4.98 Å². The van der Waals surface area contributed by atoms with E-state index in [9.17, 15) is 0 Å². The van der Waals surface area contributed by atoms with Crippen LogP contribution in [-0.2, 0) is 6.54 Å². The molecule has 1 aromatic carbocycles. The van der Waals surface area contributed by atoms with Gasteiger partial charge in [-0.15, -0.1) is 0 Å². The molecule has 1 aliphatic rings. The van der Waals surface area contributed by atoms with Crippen molar-refractivity contribution in [3.8, 4) is 11.3 Å². The summed E-state index contributed by atoms with van der Waals surface area (Å²) in [5.74, 6) is 2.19. The fraction of sp³-hybridized carbons (Fsp3) is 0.357. The molecule has 17 heavy (non-hydrogen) atoms. The van der Waals surface area contributed by atoms with Crippen molar-refractivity contribution >= 4 is 0 Å². The Morgan fingerprint density at radius 1 is 1.24 bits per heavy atom. The highest BCUT2D eigenvalue weighted by Crippen LogP contribution is 2.38. The number of benzene rings is 1. The first-order valence-electron chi connectivity index (χ1n) is 6.13. The van der Waals surface area contributed by atoms with Crippen LogP contribution < -0.4 is 5.73 Å². The van der Waals surface area contributed by atoms with Gasteiger partial charge in [0.05, 0.1) is 6.54 Å². The zero-order valence-electron chi connectivity index (χ0n) is 9.73. The topological polar surface area (TPSA) is 52.0 Å². The molecule has 0 amide bonds. The van der Waals surface area contributed by atoms with Gasteiger partial charge in [0.25, 0.3) is 0 Å². The average molecular weight is 228 g/mol. The molecule has 0 saturated heterocycles. The summed E-state index contributed by atoms with van der Waals surface area (Å²) in [4.78, 5) is 4.63. The third kappa shape index (κ3) is 1.87. The molecule has 88 valence electrons. The van der Waals surface area contributed by atoms with Crippen LogP contribution in [0.2, 0.25) is 0 Å². The first kappa shape index (κ1) is 10.5. The van der Waals surface area contributed by atoms with Crippen LogP contribution in [0.5, 0.6) is 0 Å². The van der Waals surface area contributed by atoms with Crippen LogP contribution in [0.3, 0.4) is 0 Å². The van der Waals surface area contributed by atoms with Crippen LogP contribution in [0, 0.1) is 0 Å². The molecular weight excluding hydrogens is 212 g/mol. The lowest BCUT2D eigenvalue weighted by atomic mass is 9.85. The highest BCUT2D eigenvalue weighted by atomic mass is 16.4. The van der Waals surface area contributed by atoms with E-state index >= 15 is 0 Å². The minimum Gasteiger partial charge on any atom is -0.443 e. The Balaban J connectivity index is 2.00. The van der Waals surface area contributed by atoms with Gasteiger partial charge >= 0.3 is 0 Å². The van der Waals surface area contributed by atoms with E-state index in [1.54, 1.807) is 0 Å². The minimum atomic E-state index is 0.407. The highest BCUT2D eigenvalue weighted by molar-refractivity contribution is 5.61. The SMILES string of the molecule is NCc1oc(C2CCC2)nc1-c1ccccc1. The number of hydrogen-bond donors (Lipinski definition) is 1. The molecule has 3 rings (SSSR count). The summed E-state index contributed by atoms with van der Waals surface area (Å²) >= 11 is 0. The van der Waals surface area contributed by atoms with Crippen LogP contribution in [0.25, 0.3) is 11.3 Å². The molecule has 1 aliphatic carbocycles. The summed E-state index contributed by atoms with van der Waals surface area (Å²) in [5, 5.41) is 0. The molecule has 1 fully saturated rings. The van der Waals surface area contributed by atoms with Gasteiger partial charge in [-0.1, -0.05) is 36.8 Å². The van der Waals surface area contributed by atoms with E-state index in [4.69, 9.17) is 10.2 Å². The summed E-state index contributed by atoms with van der Waals surface area (Å²) in [7, 11) is 0. The van der Waals surface area contributed by atoms with E-state index in [0.717, 1.165) is 22.9 Å². The Morgan fingerprint density at radius 3 is 2.59 bits per heavy atom. The molecule has 3 nitrogen and oxygen atoms in total. The molecule has 1 saturated carbocycles. The zero-order chi connectivity index (χ0) is 11.7. The lowest BCUT2D eigenvalue weighted by molar-refractivity contribution is 0.325. The van der Waals surface area contributed by atoms with Crippen molar-refractivity contribution in [3.63, 3.8) is 0 Å². The maximum absolute atomic E-state index is 5.79. The summed E-state index contributed by atoms with van der Waals surface area (Å²) in [5.41, 5.74) is 7.72. The predicted octanol–water partition coefficient (Wildman–Crippen LogP) is 3.07. The first-order valence-corrected chi connectivity index (χ1v) is 6.13. The van der Waals surface area contributed by atoms with Gasteiger partial charge in [-0.05, 0) is 12.8 Å². The number of hydrogen-bond acceptors (Lipinski definition) is 3. The quantitative estimate of drug-likeness (QED) is 0.878. The second-order valence-electron chi connectivity index (χ2n) is 4.52. The standard InChI is InChI=1S/C14H16N2O/c15-9-12-13(10-5-2-1-3-6-10)16-14(17-12)11-7-4-8-11/h1-3,5-6,11H,4,7-9,15H2. The van der Waals surface area contributed by atoms with E-state index in [-0.39, 0.29) is 0 Å². The molecular formula is C14H16N2O. The first-order chi connectivity index (χ1) is 8.38. The lowest BCUT2D eigenvalue weighted by Gasteiger charge is -2.21. The van der Waals surface area contributed by atoms with E-state index in [2.05, 4.69) is 4.98 Å². The third-order valence-corrected chi connectivity index (χ3v) is 3.40. The summed E-state index contributed by atoms with van der Waals surface area (Å²) in [6, 6.07) is 10.1. The third-order valence-electron chi connectivity index (χ3n) is 3.40. The van der Waals surface area contributed by atoms with Crippen LogP contribution in [0.15, 0.2) is 34.7 Å². The molecule has 0 bridgehead atoms. The van der Waals surface area contributed by atoms with Crippen molar-refractivity contribution < 1.29 is 4.42 Å². The molecule has 0 unspecified atom stereocenters. The molecule has 1 aromatic heterocycles. The van der Waals surface area contributed by atoms with Crippen LogP contribution in [-0.4, -0.2) is 4.98 Å². The number of nitrogens with zero attached hydrogens (tertiary/aromatic N) is 1. The van der Waals surface area contributed by atoms with Crippen molar-refractivity contribution in [2.45, 2.75) is 31.7 Å². The normalized spacial score (nSPS) is 15.8. The molecule has 0 aliphatic heterocycles. The average Bonchev–Trinajstić information content (AvgIpc) is 2.72. The van der Waals surface area contributed by atoms with Crippen LogP contribution in [0.1, 0.15) is 36.8 Å². The molecule has 0 atom stereocenters. The fourth-order valence-corrected chi connectivity index (χ4v) is 2.16. The van der Waals surface area contributed by atoms with Crippen LogP contribution in [0.4, 0.5) is 0 Å². The van der Waals surface area contributed by atoms with Crippen molar-refractivity contribution in [1.29, 1.82) is 0 Å². The lowest BCUT2D eigenvalue weighted by Crippen LogP contribution is -2.08. The Bertz CT molecular complexity index is 500. The molecule has 2 aromatic rings. The number of rotatable bonds is 3. The Hall–Kier alpha value is -1.61. The largest absolute Gasteiger partial charge is 0.443 e. The minimum absolute atomic E-state index is 0.407. The molecule has 1 heterocycles. The molecule has 3 heteroatoms. The van der Waals surface area contributed by atoms with E-state index in [1.807, 2.05) is 30.3 Å². The van der Waals surface area contributed by atoms with Gasteiger partial charge in [0.2, 0.25) is 0 Å². The fourth-order valence-electron chi connectivity index (χ4n) is 2.16. The van der Waals surface area contributed by atoms with Gasteiger partial charge in [0.1, 0.15) is 11.5 Å². The van der Waals surface area contributed by atoms with Gasteiger partial charge in [-0.2, -0.15) is 0 Å². The van der Waals surface area contributed by atoms with Crippen molar-refractivity contribution in [2.24, 2.45) is 5.73 Å². The smallest absolute Gasteiger partial charge is 0.198 e. The number of nitrogens with two attached hydrogens (primary N) is 1. The Morgan fingerprint density at radius 2 is 2.00 bits per heavy atom. The van der Waals surface area contributed by atoms with E-state index in [1.165, 1.54) is 19.3 Å². The van der Waals surface area contributed by atoms with Crippen molar-refractivity contribution in [3.05, 3.63) is 42.0 Å². The Labute approximate surface area is 101 Å². The predicted molar refractivity (Wildman–Crippen MR) is 66.4 cm³/mol. The molecule has 0 spiro atoms. The van der Waals surface area contributed by atoms with Gasteiger partial charge < -0.3 is 10.2 Å². The highest BCUT2D eigenvalue weighted by Gasteiger charge is 2.26. The maximum atomic E-state index is 5.79. The summed E-state index contributed by atoms with van der Waals surface area (Å²) in [6.07, 6.45) is 3.67. The Kier molecular flexibility index (Phi) is 2.69. The van der Waals surface area contributed by atoms with Gasteiger partial charge in [0, 0.05) is 11.5 Å². The second-order valence-corrected chi connectivity index (χ2v) is 4.52. The maximum Gasteiger partial charge on any atom is 0.198 e. The number of oxazole rings is 1.